The zero-order valence-corrected chi connectivity index (χ0v) is 15.1. The highest BCUT2D eigenvalue weighted by molar-refractivity contribution is 7.18. The minimum atomic E-state index is -0.370. The number of halogens is 1. The average Bonchev–Trinajstić information content (AvgIpc) is 3.25. The Morgan fingerprint density at radius 3 is 2.62 bits per heavy atom. The van der Waals surface area contributed by atoms with E-state index in [0.29, 0.717) is 22.0 Å². The monoisotopic (exact) mass is 372 g/mol. The van der Waals surface area contributed by atoms with E-state index in [4.69, 9.17) is 4.42 Å². The van der Waals surface area contributed by atoms with Gasteiger partial charge in [-0.15, -0.1) is 11.3 Å². The summed E-state index contributed by atoms with van der Waals surface area (Å²) >= 11 is 1.19. The topological polar surface area (TPSA) is 71.3 Å². The maximum Gasteiger partial charge on any atom is 0.291 e. The molecule has 0 bridgehead atoms. The predicted octanol–water partition coefficient (Wildman–Crippen LogP) is 4.28. The van der Waals surface area contributed by atoms with Gasteiger partial charge in [-0.05, 0) is 54.8 Å². The summed E-state index contributed by atoms with van der Waals surface area (Å²) in [6.45, 7) is 3.78. The van der Waals surface area contributed by atoms with Crippen LogP contribution in [0.5, 0.6) is 0 Å². The molecule has 0 fully saturated rings. The van der Waals surface area contributed by atoms with Crippen molar-refractivity contribution in [2.24, 2.45) is 0 Å². The Balaban J connectivity index is 1.65. The Bertz CT molecular complexity index is 948. The van der Waals surface area contributed by atoms with Crippen molar-refractivity contribution in [1.29, 1.82) is 0 Å². The minimum absolute atomic E-state index is 0.203. The molecule has 0 spiro atoms. The molecule has 0 aliphatic rings. The van der Waals surface area contributed by atoms with Gasteiger partial charge in [-0.3, -0.25) is 9.59 Å². The first kappa shape index (κ1) is 17.9. The molecule has 134 valence electrons. The van der Waals surface area contributed by atoms with Crippen molar-refractivity contribution in [2.45, 2.75) is 20.4 Å². The molecule has 0 aliphatic carbocycles. The van der Waals surface area contributed by atoms with Gasteiger partial charge in [0.2, 0.25) is 0 Å². The fraction of sp³-hybridized carbons (Fsp3) is 0.158. The predicted molar refractivity (Wildman–Crippen MR) is 98.0 cm³/mol. The van der Waals surface area contributed by atoms with E-state index in [2.05, 4.69) is 10.6 Å². The van der Waals surface area contributed by atoms with Gasteiger partial charge >= 0.3 is 0 Å². The number of benzene rings is 1. The van der Waals surface area contributed by atoms with Gasteiger partial charge in [0.1, 0.15) is 5.82 Å². The highest BCUT2D eigenvalue weighted by Crippen LogP contribution is 2.27. The molecule has 2 N–H and O–H groups in total. The van der Waals surface area contributed by atoms with Crippen LogP contribution < -0.4 is 10.6 Å². The molecule has 2 aromatic heterocycles. The van der Waals surface area contributed by atoms with Crippen molar-refractivity contribution < 1.29 is 18.4 Å². The normalized spacial score (nSPS) is 10.6. The molecule has 26 heavy (non-hydrogen) atoms. The van der Waals surface area contributed by atoms with Gasteiger partial charge in [-0.2, -0.15) is 0 Å². The van der Waals surface area contributed by atoms with Gasteiger partial charge < -0.3 is 15.1 Å². The summed E-state index contributed by atoms with van der Waals surface area (Å²) in [7, 11) is 0. The third kappa shape index (κ3) is 4.00. The van der Waals surface area contributed by atoms with E-state index in [1.54, 1.807) is 44.2 Å². The molecule has 3 rings (SSSR count). The molecule has 0 saturated heterocycles. The molecular weight excluding hydrogens is 355 g/mol. The van der Waals surface area contributed by atoms with Gasteiger partial charge in [-0.1, -0.05) is 12.1 Å². The van der Waals surface area contributed by atoms with Gasteiger partial charge in [0.15, 0.2) is 5.76 Å². The summed E-state index contributed by atoms with van der Waals surface area (Å²) < 4.78 is 18.3. The van der Waals surface area contributed by atoms with Crippen LogP contribution in [0, 0.1) is 19.7 Å². The van der Waals surface area contributed by atoms with E-state index in [1.807, 2.05) is 0 Å². The number of thiophene rings is 1. The fourth-order valence-corrected chi connectivity index (χ4v) is 3.41. The molecule has 0 aliphatic heterocycles. The largest absolute Gasteiger partial charge is 0.459 e. The van der Waals surface area contributed by atoms with Crippen molar-refractivity contribution in [3.05, 3.63) is 75.8 Å². The van der Waals surface area contributed by atoms with E-state index < -0.39 is 0 Å². The van der Waals surface area contributed by atoms with Crippen molar-refractivity contribution in [3.8, 4) is 0 Å². The van der Waals surface area contributed by atoms with Crippen LogP contribution in [0.1, 0.15) is 36.9 Å². The van der Waals surface area contributed by atoms with E-state index in [9.17, 15) is 14.0 Å². The lowest BCUT2D eigenvalue weighted by Gasteiger charge is -2.06. The Morgan fingerprint density at radius 1 is 1.12 bits per heavy atom. The second kappa shape index (κ2) is 7.53. The zero-order chi connectivity index (χ0) is 18.7. The third-order valence-electron chi connectivity index (χ3n) is 3.78. The highest BCUT2D eigenvalue weighted by atomic mass is 32.1. The quantitative estimate of drug-likeness (QED) is 0.702. The standard InChI is InChI=1S/C19H17FN2O3S/c1-11-8-13(5-6-14(11)20)10-21-19(24)17-12(2)9-16(26-17)22-18(23)15-4-3-7-25-15/h3-9H,10H2,1-2H3,(H,21,24)(H,22,23). The number of carbonyl (C=O) groups excluding carboxylic acids is 2. The van der Waals surface area contributed by atoms with Gasteiger partial charge in [0.05, 0.1) is 16.1 Å². The van der Waals surface area contributed by atoms with Crippen LogP contribution >= 0.6 is 11.3 Å². The summed E-state index contributed by atoms with van der Waals surface area (Å²) in [5.74, 6) is -0.683. The first-order chi connectivity index (χ1) is 12.4. The first-order valence-electron chi connectivity index (χ1n) is 7.92. The van der Waals surface area contributed by atoms with Crippen LogP contribution in [-0.4, -0.2) is 11.8 Å². The summed E-state index contributed by atoms with van der Waals surface area (Å²) in [4.78, 5) is 24.9. The first-order valence-corrected chi connectivity index (χ1v) is 8.74. The maximum atomic E-state index is 13.3. The van der Waals surface area contributed by atoms with Crippen LogP contribution in [0.3, 0.4) is 0 Å². The van der Waals surface area contributed by atoms with E-state index in [1.165, 1.54) is 23.7 Å². The van der Waals surface area contributed by atoms with E-state index in [0.717, 1.165) is 11.1 Å². The van der Waals surface area contributed by atoms with Crippen LogP contribution in [0.2, 0.25) is 0 Å². The zero-order valence-electron chi connectivity index (χ0n) is 14.3. The molecule has 2 heterocycles. The van der Waals surface area contributed by atoms with Crippen molar-refractivity contribution >= 4 is 28.2 Å². The smallest absolute Gasteiger partial charge is 0.291 e. The third-order valence-corrected chi connectivity index (χ3v) is 4.93. The van der Waals surface area contributed by atoms with Crippen LogP contribution in [-0.2, 0) is 6.54 Å². The minimum Gasteiger partial charge on any atom is -0.459 e. The highest BCUT2D eigenvalue weighted by Gasteiger charge is 2.16. The van der Waals surface area contributed by atoms with Crippen molar-refractivity contribution in [3.63, 3.8) is 0 Å². The lowest BCUT2D eigenvalue weighted by Crippen LogP contribution is -2.22. The molecule has 5 nitrogen and oxygen atoms in total. The number of aryl methyl sites for hydroxylation is 2. The number of carbonyl (C=O) groups is 2. The number of rotatable bonds is 5. The molecule has 0 atom stereocenters. The molecular formula is C19H17FN2O3S. The number of nitrogens with one attached hydrogen (secondary N) is 2. The molecule has 2 amide bonds. The Kier molecular flexibility index (Phi) is 5.18. The number of hydrogen-bond donors (Lipinski definition) is 2. The maximum absolute atomic E-state index is 13.3. The molecule has 0 unspecified atom stereocenters. The Hall–Kier alpha value is -2.93. The summed E-state index contributed by atoms with van der Waals surface area (Å²) in [5.41, 5.74) is 2.11. The summed E-state index contributed by atoms with van der Waals surface area (Å²) in [6.07, 6.45) is 1.42. The summed E-state index contributed by atoms with van der Waals surface area (Å²) in [6, 6.07) is 9.65. The molecule has 0 radical (unpaired) electrons. The van der Waals surface area contributed by atoms with Crippen LogP contribution in [0.15, 0.2) is 47.1 Å². The number of furan rings is 1. The van der Waals surface area contributed by atoms with E-state index in [-0.39, 0.29) is 23.4 Å². The molecule has 1 aromatic carbocycles. The fourth-order valence-electron chi connectivity index (χ4n) is 2.43. The van der Waals surface area contributed by atoms with Gasteiger partial charge in [0.25, 0.3) is 11.8 Å². The van der Waals surface area contributed by atoms with Crippen LogP contribution in [0.25, 0.3) is 0 Å². The number of anilines is 1. The average molecular weight is 372 g/mol. The lowest BCUT2D eigenvalue weighted by atomic mass is 10.1. The van der Waals surface area contributed by atoms with E-state index >= 15 is 0 Å². The Morgan fingerprint density at radius 2 is 1.92 bits per heavy atom. The van der Waals surface area contributed by atoms with Gasteiger partial charge in [-0.25, -0.2) is 4.39 Å². The van der Waals surface area contributed by atoms with Crippen LogP contribution in [0.4, 0.5) is 9.39 Å². The Labute approximate surface area is 153 Å². The van der Waals surface area contributed by atoms with Crippen molar-refractivity contribution in [2.75, 3.05) is 5.32 Å². The SMILES string of the molecule is Cc1cc(CNC(=O)c2sc(NC(=O)c3ccco3)cc2C)ccc1F. The molecule has 0 saturated carbocycles. The molecule has 3 aromatic rings. The number of hydrogen-bond acceptors (Lipinski definition) is 4. The van der Waals surface area contributed by atoms with Gasteiger partial charge in [0, 0.05) is 6.54 Å². The lowest BCUT2D eigenvalue weighted by molar-refractivity contribution is 0.0953. The summed E-state index contributed by atoms with van der Waals surface area (Å²) in [5, 5.41) is 6.09. The number of amides is 2. The van der Waals surface area contributed by atoms with Crippen molar-refractivity contribution in [1.82, 2.24) is 5.32 Å². The second-order valence-corrected chi connectivity index (χ2v) is 6.87. The second-order valence-electron chi connectivity index (χ2n) is 5.82. The molecule has 7 heteroatoms.